The highest BCUT2D eigenvalue weighted by atomic mass is 19.1. The monoisotopic (exact) mass is 307 g/mol. The summed E-state index contributed by atoms with van der Waals surface area (Å²) in [4.78, 5) is 12.5. The van der Waals surface area contributed by atoms with E-state index in [4.69, 9.17) is 5.73 Å². The Morgan fingerprint density at radius 3 is 2.73 bits per heavy atom. The minimum absolute atomic E-state index is 0.00662. The van der Waals surface area contributed by atoms with Crippen LogP contribution in [0.15, 0.2) is 24.3 Å². The Morgan fingerprint density at radius 2 is 2.05 bits per heavy atom. The van der Waals surface area contributed by atoms with E-state index in [9.17, 15) is 14.3 Å². The lowest BCUT2D eigenvalue weighted by Crippen LogP contribution is -3.16. The molecule has 0 radical (unpaired) electrons. The number of hydrogen-bond acceptors (Lipinski definition) is 2. The molecule has 1 saturated heterocycles. The number of likely N-dealkylation sites (tertiary alicyclic amines) is 1. The summed E-state index contributed by atoms with van der Waals surface area (Å²) in [5.41, 5.74) is 5.74. The fraction of sp³-hybridized carbons (Fsp3) is 0.588. The van der Waals surface area contributed by atoms with Gasteiger partial charge in [0.25, 0.3) is 5.91 Å². The third-order valence-corrected chi connectivity index (χ3v) is 5.42. The predicted octanol–water partition coefficient (Wildman–Crippen LogP) is 0.562. The van der Waals surface area contributed by atoms with Crippen molar-refractivity contribution in [2.24, 2.45) is 11.7 Å². The number of hydrogen-bond donors (Lipinski definition) is 3. The second kappa shape index (κ2) is 5.97. The molecule has 1 unspecified atom stereocenters. The average Bonchev–Trinajstić information content (AvgIpc) is 2.48. The number of benzene rings is 1. The minimum Gasteiger partial charge on any atom is -0.389 e. The van der Waals surface area contributed by atoms with Gasteiger partial charge in [0, 0.05) is 17.9 Å². The van der Waals surface area contributed by atoms with Crippen LogP contribution in [0.3, 0.4) is 0 Å². The first-order valence-corrected chi connectivity index (χ1v) is 8.10. The summed E-state index contributed by atoms with van der Waals surface area (Å²) < 4.78 is 13.2. The third kappa shape index (κ3) is 2.88. The Hall–Kier alpha value is -1.46. The van der Waals surface area contributed by atoms with E-state index in [0.29, 0.717) is 6.42 Å². The maximum Gasteiger partial charge on any atom is 0.272 e. The lowest BCUT2D eigenvalue weighted by Gasteiger charge is -2.50. The van der Waals surface area contributed by atoms with Crippen molar-refractivity contribution < 1.29 is 19.2 Å². The van der Waals surface area contributed by atoms with Crippen LogP contribution in [0, 0.1) is 11.7 Å². The topological polar surface area (TPSA) is 67.8 Å². The average molecular weight is 307 g/mol. The summed E-state index contributed by atoms with van der Waals surface area (Å²) >= 11 is 0. The normalized spacial score (nSPS) is 34.9. The zero-order valence-corrected chi connectivity index (χ0v) is 12.7. The second-order valence-electron chi connectivity index (χ2n) is 6.79. The number of carbonyl (C=O) groups excluding carboxylic acids is 1. The smallest absolute Gasteiger partial charge is 0.272 e. The van der Waals surface area contributed by atoms with E-state index in [1.165, 1.54) is 12.1 Å². The van der Waals surface area contributed by atoms with Gasteiger partial charge in [0.15, 0.2) is 6.54 Å². The van der Waals surface area contributed by atoms with E-state index >= 15 is 0 Å². The largest absolute Gasteiger partial charge is 0.389 e. The van der Waals surface area contributed by atoms with Crippen molar-refractivity contribution in [3.05, 3.63) is 35.6 Å². The van der Waals surface area contributed by atoms with Crippen LogP contribution in [0.2, 0.25) is 0 Å². The zero-order chi connectivity index (χ0) is 15.7. The number of piperidine rings is 1. The van der Waals surface area contributed by atoms with Crippen molar-refractivity contribution in [3.63, 3.8) is 0 Å². The number of nitrogens with one attached hydrogen (secondary N) is 1. The minimum atomic E-state index is -0.654. The predicted molar refractivity (Wildman–Crippen MR) is 80.6 cm³/mol. The third-order valence-electron chi connectivity index (χ3n) is 5.42. The summed E-state index contributed by atoms with van der Waals surface area (Å²) in [5.74, 6) is -0.493. The van der Waals surface area contributed by atoms with Gasteiger partial charge in [-0.15, -0.1) is 0 Å². The number of nitrogens with two attached hydrogens (primary N) is 1. The molecule has 5 heteroatoms. The molecule has 1 aliphatic heterocycles. The van der Waals surface area contributed by atoms with Gasteiger partial charge in [-0.05, 0) is 25.0 Å². The summed E-state index contributed by atoms with van der Waals surface area (Å²) in [6.07, 6.45) is 4.61. The number of carbonyl (C=O) groups is 1. The molecule has 1 aromatic rings. The summed E-state index contributed by atoms with van der Waals surface area (Å²) in [6, 6.07) is 6.47. The molecule has 1 saturated carbocycles. The van der Waals surface area contributed by atoms with E-state index in [1.54, 1.807) is 12.1 Å². The molecule has 2 aliphatic rings. The van der Waals surface area contributed by atoms with Gasteiger partial charge in [0.2, 0.25) is 0 Å². The van der Waals surface area contributed by atoms with Crippen molar-refractivity contribution in [3.8, 4) is 0 Å². The van der Waals surface area contributed by atoms with Crippen LogP contribution in [0.5, 0.6) is 0 Å². The molecule has 22 heavy (non-hydrogen) atoms. The van der Waals surface area contributed by atoms with Crippen LogP contribution in [-0.4, -0.2) is 29.7 Å². The summed E-state index contributed by atoms with van der Waals surface area (Å²) in [5, 5.41) is 11.0. The van der Waals surface area contributed by atoms with E-state index < -0.39 is 5.60 Å². The van der Waals surface area contributed by atoms with Gasteiger partial charge in [-0.2, -0.15) is 0 Å². The fourth-order valence-corrected chi connectivity index (χ4v) is 4.41. The van der Waals surface area contributed by atoms with Crippen molar-refractivity contribution in [2.75, 3.05) is 13.1 Å². The number of primary amides is 1. The molecule has 2 fully saturated rings. The first-order chi connectivity index (χ1) is 10.5. The number of amides is 1. The molecule has 1 aliphatic carbocycles. The Balaban J connectivity index is 1.96. The highest BCUT2D eigenvalue weighted by molar-refractivity contribution is 5.74. The number of halogens is 1. The molecule has 1 amide bonds. The van der Waals surface area contributed by atoms with Crippen LogP contribution >= 0.6 is 0 Å². The van der Waals surface area contributed by atoms with Gasteiger partial charge in [0.1, 0.15) is 11.9 Å². The first-order valence-electron chi connectivity index (χ1n) is 8.10. The van der Waals surface area contributed by atoms with Crippen molar-refractivity contribution in [2.45, 2.75) is 43.7 Å². The van der Waals surface area contributed by atoms with Crippen LogP contribution in [0.1, 0.15) is 43.7 Å². The number of rotatable bonds is 3. The van der Waals surface area contributed by atoms with Crippen LogP contribution < -0.4 is 10.6 Å². The number of aliphatic hydroxyl groups is 1. The van der Waals surface area contributed by atoms with Gasteiger partial charge < -0.3 is 15.7 Å². The molecular weight excluding hydrogens is 283 g/mol. The Morgan fingerprint density at radius 1 is 1.32 bits per heavy atom. The Kier molecular flexibility index (Phi) is 4.19. The molecule has 0 aromatic heterocycles. The van der Waals surface area contributed by atoms with Crippen molar-refractivity contribution in [1.29, 1.82) is 0 Å². The molecule has 1 heterocycles. The van der Waals surface area contributed by atoms with Gasteiger partial charge >= 0.3 is 0 Å². The van der Waals surface area contributed by atoms with Crippen molar-refractivity contribution >= 4 is 5.91 Å². The molecule has 4 atom stereocenters. The lowest BCUT2D eigenvalue weighted by atomic mass is 9.66. The molecule has 1 aromatic carbocycles. The van der Waals surface area contributed by atoms with Gasteiger partial charge in [-0.3, -0.25) is 4.79 Å². The standard InChI is InChI=1S/C17H23FN2O2/c18-13-6-4-12(5-7-13)16-14-3-1-2-8-17(14,22)9-10-20(16)11-15(19)21/h4-7,14,16,22H,1-3,8-11H2,(H2,19,21)/p+1/t14-,16-,17-/m0/s1. The Bertz CT molecular complexity index is 548. The summed E-state index contributed by atoms with van der Waals surface area (Å²) in [6.45, 7) is 0.979. The quantitative estimate of drug-likeness (QED) is 0.764. The molecule has 0 spiro atoms. The second-order valence-corrected chi connectivity index (χ2v) is 6.79. The van der Waals surface area contributed by atoms with E-state index in [2.05, 4.69) is 0 Å². The summed E-state index contributed by atoms with van der Waals surface area (Å²) in [7, 11) is 0. The zero-order valence-electron chi connectivity index (χ0n) is 12.7. The van der Waals surface area contributed by atoms with Crippen LogP contribution in [0.4, 0.5) is 4.39 Å². The molecule has 4 nitrogen and oxygen atoms in total. The fourth-order valence-electron chi connectivity index (χ4n) is 4.41. The molecule has 4 N–H and O–H groups in total. The van der Waals surface area contributed by atoms with Crippen LogP contribution in [0.25, 0.3) is 0 Å². The molecule has 0 bridgehead atoms. The lowest BCUT2D eigenvalue weighted by molar-refractivity contribution is -0.937. The SMILES string of the molecule is NC(=O)C[NH+]1CC[C@@]2(O)CCCC[C@H]2[C@@H]1c1ccc(F)cc1. The van der Waals surface area contributed by atoms with Gasteiger partial charge in [-0.25, -0.2) is 4.39 Å². The molecular formula is C17H24FN2O2+. The maximum atomic E-state index is 13.2. The highest BCUT2D eigenvalue weighted by Crippen LogP contribution is 2.43. The Labute approximate surface area is 130 Å². The van der Waals surface area contributed by atoms with E-state index in [1.807, 2.05) is 0 Å². The first kappa shape index (κ1) is 15.4. The van der Waals surface area contributed by atoms with Crippen molar-refractivity contribution in [1.82, 2.24) is 0 Å². The molecule has 3 rings (SSSR count). The number of quaternary nitrogens is 1. The van der Waals surface area contributed by atoms with Gasteiger partial charge in [0.05, 0.1) is 12.1 Å². The van der Waals surface area contributed by atoms with Gasteiger partial charge in [-0.1, -0.05) is 25.0 Å². The van der Waals surface area contributed by atoms with E-state index in [-0.39, 0.29) is 30.2 Å². The maximum absolute atomic E-state index is 13.2. The van der Waals surface area contributed by atoms with E-state index in [0.717, 1.165) is 42.7 Å². The molecule has 120 valence electrons. The van der Waals surface area contributed by atoms with Crippen LogP contribution in [-0.2, 0) is 4.79 Å². The number of fused-ring (bicyclic) bond motifs is 1. The highest BCUT2D eigenvalue weighted by Gasteiger charge is 2.51.